The number of likely N-dealkylation sites (N-methyl/N-ethyl adjacent to an activating group) is 2. The second kappa shape index (κ2) is 4.49. The van der Waals surface area contributed by atoms with E-state index in [0.717, 1.165) is 13.1 Å². The first kappa shape index (κ1) is 12.5. The lowest BCUT2D eigenvalue weighted by Crippen LogP contribution is -2.43. The molecule has 1 rings (SSSR count). The van der Waals surface area contributed by atoms with Gasteiger partial charge in [-0.1, -0.05) is 13.8 Å². The number of nitrogens with zero attached hydrogens (tertiary/aromatic N) is 2. The molecule has 0 saturated carbocycles. The standard InChI is InChI=1S/C11H22N2O2/c1-11(2)7-12(3)9(5-6-14)10(15)13(4)8-11/h9,14H,5-8H2,1-4H3. The quantitative estimate of drug-likeness (QED) is 0.712. The fraction of sp³-hybridized carbons (Fsp3) is 0.909. The zero-order chi connectivity index (χ0) is 11.6. The average Bonchev–Trinajstić information content (AvgIpc) is 2.16. The van der Waals surface area contributed by atoms with Gasteiger partial charge in [-0.15, -0.1) is 0 Å². The molecule has 1 N–H and O–H groups in total. The molecule has 1 atom stereocenters. The van der Waals surface area contributed by atoms with Gasteiger partial charge in [0.15, 0.2) is 0 Å². The normalized spacial score (nSPS) is 27.9. The first-order valence-corrected chi connectivity index (χ1v) is 5.43. The van der Waals surface area contributed by atoms with Crippen LogP contribution in [-0.4, -0.2) is 60.6 Å². The van der Waals surface area contributed by atoms with E-state index < -0.39 is 0 Å². The monoisotopic (exact) mass is 214 g/mol. The topological polar surface area (TPSA) is 43.8 Å². The molecule has 1 aliphatic heterocycles. The number of amides is 1. The third-order valence-electron chi connectivity index (χ3n) is 2.94. The van der Waals surface area contributed by atoms with Crippen LogP contribution < -0.4 is 0 Å². The number of aliphatic hydroxyl groups is 1. The maximum Gasteiger partial charge on any atom is 0.239 e. The first-order valence-electron chi connectivity index (χ1n) is 5.43. The predicted molar refractivity (Wildman–Crippen MR) is 59.5 cm³/mol. The van der Waals surface area contributed by atoms with Crippen LogP contribution in [0.1, 0.15) is 20.3 Å². The van der Waals surface area contributed by atoms with Crippen molar-refractivity contribution < 1.29 is 9.90 Å². The van der Waals surface area contributed by atoms with Gasteiger partial charge in [-0.25, -0.2) is 0 Å². The summed E-state index contributed by atoms with van der Waals surface area (Å²) in [4.78, 5) is 15.8. The highest BCUT2D eigenvalue weighted by Crippen LogP contribution is 2.24. The molecule has 0 aromatic rings. The van der Waals surface area contributed by atoms with Crippen LogP contribution in [0.25, 0.3) is 0 Å². The lowest BCUT2D eigenvalue weighted by Gasteiger charge is -2.29. The molecule has 0 aliphatic carbocycles. The Bertz CT molecular complexity index is 241. The number of carbonyl (C=O) groups is 1. The van der Waals surface area contributed by atoms with Crippen molar-refractivity contribution in [1.29, 1.82) is 0 Å². The van der Waals surface area contributed by atoms with Crippen LogP contribution in [0.15, 0.2) is 0 Å². The molecule has 15 heavy (non-hydrogen) atoms. The fourth-order valence-corrected chi connectivity index (χ4v) is 2.46. The van der Waals surface area contributed by atoms with Gasteiger partial charge in [0, 0.05) is 26.7 Å². The zero-order valence-electron chi connectivity index (χ0n) is 10.2. The number of hydrogen-bond acceptors (Lipinski definition) is 3. The highest BCUT2D eigenvalue weighted by atomic mass is 16.3. The molecule has 4 nitrogen and oxygen atoms in total. The van der Waals surface area contributed by atoms with Crippen molar-refractivity contribution in [1.82, 2.24) is 9.80 Å². The van der Waals surface area contributed by atoms with E-state index in [-0.39, 0.29) is 24.0 Å². The molecule has 1 saturated heterocycles. The van der Waals surface area contributed by atoms with Gasteiger partial charge in [-0.05, 0) is 18.9 Å². The summed E-state index contributed by atoms with van der Waals surface area (Å²) < 4.78 is 0. The third kappa shape index (κ3) is 2.92. The largest absolute Gasteiger partial charge is 0.396 e. The molecule has 1 amide bonds. The molecule has 0 aromatic heterocycles. The fourth-order valence-electron chi connectivity index (χ4n) is 2.46. The van der Waals surface area contributed by atoms with E-state index in [9.17, 15) is 4.79 Å². The number of aliphatic hydroxyl groups excluding tert-OH is 1. The van der Waals surface area contributed by atoms with Crippen LogP contribution in [0.3, 0.4) is 0 Å². The Labute approximate surface area is 91.9 Å². The summed E-state index contributed by atoms with van der Waals surface area (Å²) in [6.45, 7) is 6.05. The van der Waals surface area contributed by atoms with Gasteiger partial charge in [0.2, 0.25) is 5.91 Å². The predicted octanol–water partition coefficient (Wildman–Crippen LogP) is 0.167. The maximum atomic E-state index is 12.0. The number of rotatable bonds is 2. The Hall–Kier alpha value is -0.610. The molecule has 88 valence electrons. The molecule has 0 aromatic carbocycles. The third-order valence-corrected chi connectivity index (χ3v) is 2.94. The number of hydrogen-bond donors (Lipinski definition) is 1. The van der Waals surface area contributed by atoms with Gasteiger partial charge < -0.3 is 10.0 Å². The van der Waals surface area contributed by atoms with Crippen molar-refractivity contribution in [3.8, 4) is 0 Å². The van der Waals surface area contributed by atoms with Crippen LogP contribution in [0.2, 0.25) is 0 Å². The van der Waals surface area contributed by atoms with E-state index >= 15 is 0 Å². The second-order valence-electron chi connectivity index (χ2n) is 5.30. The molecule has 4 heteroatoms. The van der Waals surface area contributed by atoms with Crippen molar-refractivity contribution >= 4 is 5.91 Å². The average molecular weight is 214 g/mol. The van der Waals surface area contributed by atoms with E-state index in [2.05, 4.69) is 18.7 Å². The maximum absolute atomic E-state index is 12.0. The van der Waals surface area contributed by atoms with Crippen LogP contribution in [0.4, 0.5) is 0 Å². The van der Waals surface area contributed by atoms with E-state index in [1.54, 1.807) is 4.90 Å². The zero-order valence-corrected chi connectivity index (χ0v) is 10.2. The van der Waals surface area contributed by atoms with Crippen LogP contribution in [0.5, 0.6) is 0 Å². The molecule has 0 bridgehead atoms. The van der Waals surface area contributed by atoms with Crippen molar-refractivity contribution in [3.63, 3.8) is 0 Å². The summed E-state index contributed by atoms with van der Waals surface area (Å²) in [6.07, 6.45) is 0.524. The Morgan fingerprint density at radius 1 is 1.40 bits per heavy atom. The first-order chi connectivity index (χ1) is 6.87. The molecule has 0 radical (unpaired) electrons. The van der Waals surface area contributed by atoms with E-state index in [1.807, 2.05) is 14.1 Å². The summed E-state index contributed by atoms with van der Waals surface area (Å²) in [6, 6.07) is -0.165. The van der Waals surface area contributed by atoms with Gasteiger partial charge >= 0.3 is 0 Å². The number of carbonyl (C=O) groups excluding carboxylic acids is 1. The lowest BCUT2D eigenvalue weighted by atomic mass is 9.93. The summed E-state index contributed by atoms with van der Waals surface area (Å²) >= 11 is 0. The second-order valence-corrected chi connectivity index (χ2v) is 5.30. The SMILES string of the molecule is CN1CC(C)(C)CN(C)C(CCO)C1=O. The summed E-state index contributed by atoms with van der Waals surface area (Å²) in [5, 5.41) is 8.96. The lowest BCUT2D eigenvalue weighted by molar-refractivity contribution is -0.134. The molecule has 1 heterocycles. The summed E-state index contributed by atoms with van der Waals surface area (Å²) in [5.41, 5.74) is 0.114. The van der Waals surface area contributed by atoms with Crippen molar-refractivity contribution in [2.75, 3.05) is 33.8 Å². The van der Waals surface area contributed by atoms with Gasteiger partial charge in [0.25, 0.3) is 0 Å². The minimum Gasteiger partial charge on any atom is -0.396 e. The van der Waals surface area contributed by atoms with Crippen molar-refractivity contribution in [3.05, 3.63) is 0 Å². The summed E-state index contributed by atoms with van der Waals surface area (Å²) in [7, 11) is 3.80. The highest BCUT2D eigenvalue weighted by molar-refractivity contribution is 5.82. The van der Waals surface area contributed by atoms with Crippen molar-refractivity contribution in [2.45, 2.75) is 26.3 Å². The van der Waals surface area contributed by atoms with Crippen molar-refractivity contribution in [2.24, 2.45) is 5.41 Å². The Morgan fingerprint density at radius 3 is 2.53 bits per heavy atom. The van der Waals surface area contributed by atoms with E-state index in [0.29, 0.717) is 6.42 Å². The molecular weight excluding hydrogens is 192 g/mol. The Morgan fingerprint density at radius 2 is 2.00 bits per heavy atom. The Kier molecular flexibility index (Phi) is 3.73. The molecule has 1 unspecified atom stereocenters. The highest BCUT2D eigenvalue weighted by Gasteiger charge is 2.35. The molecule has 0 spiro atoms. The smallest absolute Gasteiger partial charge is 0.239 e. The van der Waals surface area contributed by atoms with Crippen LogP contribution in [-0.2, 0) is 4.79 Å². The van der Waals surface area contributed by atoms with E-state index in [1.165, 1.54) is 0 Å². The molecule has 1 fully saturated rings. The minimum atomic E-state index is -0.165. The van der Waals surface area contributed by atoms with Gasteiger partial charge in [0.1, 0.15) is 0 Å². The van der Waals surface area contributed by atoms with E-state index in [4.69, 9.17) is 5.11 Å². The van der Waals surface area contributed by atoms with Gasteiger partial charge in [0.05, 0.1) is 6.04 Å². The van der Waals surface area contributed by atoms with Gasteiger partial charge in [-0.2, -0.15) is 0 Å². The van der Waals surface area contributed by atoms with Crippen LogP contribution in [0, 0.1) is 5.41 Å². The van der Waals surface area contributed by atoms with Crippen LogP contribution >= 0.6 is 0 Å². The minimum absolute atomic E-state index is 0.0645. The molecule has 1 aliphatic rings. The molecular formula is C11H22N2O2. The van der Waals surface area contributed by atoms with Gasteiger partial charge in [-0.3, -0.25) is 9.69 Å². The summed E-state index contributed by atoms with van der Waals surface area (Å²) in [5.74, 6) is 0.122. The Balaban J connectivity index is 2.85.